The van der Waals surface area contributed by atoms with Crippen molar-refractivity contribution in [2.45, 2.75) is 31.7 Å². The predicted octanol–water partition coefficient (Wildman–Crippen LogP) is 5.88. The van der Waals surface area contributed by atoms with Crippen molar-refractivity contribution in [2.75, 3.05) is 5.32 Å². The molecule has 0 bridgehead atoms. The Labute approximate surface area is 170 Å². The van der Waals surface area contributed by atoms with E-state index in [1.165, 1.54) is 43.1 Å². The number of anilines is 1. The van der Waals surface area contributed by atoms with Crippen LogP contribution in [0.2, 0.25) is 10.0 Å². The van der Waals surface area contributed by atoms with Gasteiger partial charge in [-0.3, -0.25) is 4.79 Å². The fourth-order valence-electron chi connectivity index (χ4n) is 2.94. The second kappa shape index (κ2) is 8.87. The van der Waals surface area contributed by atoms with Gasteiger partial charge in [0.2, 0.25) is 0 Å². The Bertz CT molecular complexity index is 937. The molecule has 3 N–H and O–H groups in total. The Morgan fingerprint density at radius 2 is 1.85 bits per heavy atom. The number of rotatable bonds is 3. The van der Waals surface area contributed by atoms with Crippen LogP contribution in [0.1, 0.15) is 36.0 Å². The zero-order valence-electron chi connectivity index (χ0n) is 14.3. The standard InChI is InChI=1S/C12H13FN2S.C7H5Cl2NO/c13-8-5-6-10-11(7-8)16-12(15-10)14-9-3-1-2-4-9;8-4-2-1-3-5(9)6(4)7(10)11/h5-7,9H,1-4H2,(H,14,15);1-3H,(H2,10,11). The van der Waals surface area contributed by atoms with Crippen molar-refractivity contribution >= 4 is 55.8 Å². The normalized spacial score (nSPS) is 14.0. The largest absolute Gasteiger partial charge is 0.366 e. The molecule has 0 saturated heterocycles. The monoisotopic (exact) mass is 425 g/mol. The van der Waals surface area contributed by atoms with Crippen LogP contribution in [-0.2, 0) is 0 Å². The summed E-state index contributed by atoms with van der Waals surface area (Å²) in [7, 11) is 0. The molecular formula is C19H18Cl2FN3OS. The van der Waals surface area contributed by atoms with Gasteiger partial charge < -0.3 is 11.1 Å². The lowest BCUT2D eigenvalue weighted by molar-refractivity contribution is 0.100. The van der Waals surface area contributed by atoms with Crippen LogP contribution in [0.25, 0.3) is 10.2 Å². The number of carbonyl (C=O) groups is 1. The van der Waals surface area contributed by atoms with Crippen molar-refractivity contribution in [3.8, 4) is 0 Å². The number of amides is 1. The second-order valence-corrected chi connectivity index (χ2v) is 8.06. The molecule has 142 valence electrons. The number of fused-ring (bicyclic) bond motifs is 1. The summed E-state index contributed by atoms with van der Waals surface area (Å²) in [4.78, 5) is 15.2. The lowest BCUT2D eigenvalue weighted by Gasteiger charge is -2.09. The molecular weight excluding hydrogens is 408 g/mol. The molecule has 4 rings (SSSR count). The van der Waals surface area contributed by atoms with Gasteiger partial charge in [-0.25, -0.2) is 9.37 Å². The van der Waals surface area contributed by atoms with Gasteiger partial charge in [-0.1, -0.05) is 53.4 Å². The summed E-state index contributed by atoms with van der Waals surface area (Å²) in [5, 5.41) is 4.92. The molecule has 1 aromatic heterocycles. The number of hydrogen-bond donors (Lipinski definition) is 2. The zero-order chi connectivity index (χ0) is 19.4. The molecule has 1 fully saturated rings. The average Bonchev–Trinajstić information content (AvgIpc) is 3.24. The Morgan fingerprint density at radius 1 is 1.19 bits per heavy atom. The molecule has 1 amide bonds. The summed E-state index contributed by atoms with van der Waals surface area (Å²) >= 11 is 12.8. The minimum atomic E-state index is -0.611. The average molecular weight is 426 g/mol. The van der Waals surface area contributed by atoms with Gasteiger partial charge in [-0.05, 0) is 43.2 Å². The first-order valence-corrected chi connectivity index (χ1v) is 10.1. The third-order valence-electron chi connectivity index (χ3n) is 4.24. The Balaban J connectivity index is 0.000000168. The number of benzene rings is 2. The molecule has 2 aromatic carbocycles. The van der Waals surface area contributed by atoms with Crippen molar-refractivity contribution in [3.05, 3.63) is 57.8 Å². The first-order valence-electron chi connectivity index (χ1n) is 8.50. The van der Waals surface area contributed by atoms with Crippen LogP contribution in [0.5, 0.6) is 0 Å². The maximum absolute atomic E-state index is 13.0. The fraction of sp³-hybridized carbons (Fsp3) is 0.263. The van der Waals surface area contributed by atoms with E-state index in [-0.39, 0.29) is 21.4 Å². The van der Waals surface area contributed by atoms with Gasteiger partial charge in [0.15, 0.2) is 5.13 Å². The van der Waals surface area contributed by atoms with Crippen LogP contribution < -0.4 is 11.1 Å². The number of aromatic nitrogens is 1. The fourth-order valence-corrected chi connectivity index (χ4v) is 4.49. The quantitative estimate of drug-likeness (QED) is 0.550. The summed E-state index contributed by atoms with van der Waals surface area (Å²) in [5.41, 5.74) is 6.07. The van der Waals surface area contributed by atoms with Crippen molar-refractivity contribution < 1.29 is 9.18 Å². The summed E-state index contributed by atoms with van der Waals surface area (Å²) in [6, 6.07) is 10.1. The molecule has 1 saturated carbocycles. The molecule has 0 atom stereocenters. The number of primary amides is 1. The molecule has 0 radical (unpaired) electrons. The van der Waals surface area contributed by atoms with Gasteiger partial charge in [-0.15, -0.1) is 0 Å². The molecule has 0 spiro atoms. The third kappa shape index (κ3) is 5.09. The van der Waals surface area contributed by atoms with Crippen LogP contribution in [0, 0.1) is 5.82 Å². The molecule has 0 unspecified atom stereocenters. The number of carbonyl (C=O) groups excluding carboxylic acids is 1. The number of nitrogens with zero attached hydrogens (tertiary/aromatic N) is 1. The highest BCUT2D eigenvalue weighted by Gasteiger charge is 2.16. The van der Waals surface area contributed by atoms with E-state index in [1.807, 2.05) is 0 Å². The number of thiazole rings is 1. The first-order chi connectivity index (χ1) is 12.9. The summed E-state index contributed by atoms with van der Waals surface area (Å²) in [5.74, 6) is -0.802. The predicted molar refractivity (Wildman–Crippen MR) is 110 cm³/mol. The zero-order valence-corrected chi connectivity index (χ0v) is 16.7. The minimum absolute atomic E-state index is 0.177. The molecule has 0 aliphatic heterocycles. The Morgan fingerprint density at radius 3 is 2.44 bits per heavy atom. The summed E-state index contributed by atoms with van der Waals surface area (Å²) in [6.07, 6.45) is 5.06. The minimum Gasteiger partial charge on any atom is -0.366 e. The highest BCUT2D eigenvalue weighted by atomic mass is 35.5. The molecule has 8 heteroatoms. The van der Waals surface area contributed by atoms with Crippen LogP contribution in [0.4, 0.5) is 9.52 Å². The van der Waals surface area contributed by atoms with E-state index in [0.29, 0.717) is 6.04 Å². The molecule has 3 aromatic rings. The third-order valence-corrected chi connectivity index (χ3v) is 5.82. The number of hydrogen-bond acceptors (Lipinski definition) is 4. The van der Waals surface area contributed by atoms with E-state index < -0.39 is 5.91 Å². The van der Waals surface area contributed by atoms with Crippen LogP contribution in [-0.4, -0.2) is 16.9 Å². The lowest BCUT2D eigenvalue weighted by Crippen LogP contribution is -2.13. The van der Waals surface area contributed by atoms with E-state index in [4.69, 9.17) is 28.9 Å². The summed E-state index contributed by atoms with van der Waals surface area (Å²) < 4.78 is 13.9. The van der Waals surface area contributed by atoms with Crippen molar-refractivity contribution in [1.82, 2.24) is 4.98 Å². The van der Waals surface area contributed by atoms with Crippen LogP contribution in [0.3, 0.4) is 0 Å². The van der Waals surface area contributed by atoms with E-state index in [1.54, 1.807) is 30.3 Å². The van der Waals surface area contributed by atoms with Gasteiger partial charge in [0.25, 0.3) is 5.91 Å². The molecule has 27 heavy (non-hydrogen) atoms. The van der Waals surface area contributed by atoms with Crippen molar-refractivity contribution in [1.29, 1.82) is 0 Å². The van der Waals surface area contributed by atoms with Crippen LogP contribution in [0.15, 0.2) is 36.4 Å². The maximum Gasteiger partial charge on any atom is 0.251 e. The van der Waals surface area contributed by atoms with Crippen LogP contribution >= 0.6 is 34.5 Å². The summed E-state index contributed by atoms with van der Waals surface area (Å²) in [6.45, 7) is 0. The van der Waals surface area contributed by atoms with E-state index in [0.717, 1.165) is 15.3 Å². The number of halogens is 3. The van der Waals surface area contributed by atoms with Crippen molar-refractivity contribution in [2.24, 2.45) is 5.73 Å². The second-order valence-electron chi connectivity index (χ2n) is 6.22. The van der Waals surface area contributed by atoms with E-state index >= 15 is 0 Å². The van der Waals surface area contributed by atoms with Gasteiger partial charge >= 0.3 is 0 Å². The topological polar surface area (TPSA) is 68.0 Å². The smallest absolute Gasteiger partial charge is 0.251 e. The molecule has 1 aliphatic rings. The molecule has 1 heterocycles. The maximum atomic E-state index is 13.0. The first kappa shape index (κ1) is 19.9. The highest BCUT2D eigenvalue weighted by molar-refractivity contribution is 7.22. The van der Waals surface area contributed by atoms with Crippen molar-refractivity contribution in [3.63, 3.8) is 0 Å². The molecule has 1 aliphatic carbocycles. The SMILES string of the molecule is Fc1ccc2nc(NC3CCCC3)sc2c1.NC(=O)c1c(Cl)cccc1Cl. The van der Waals surface area contributed by atoms with Gasteiger partial charge in [0.1, 0.15) is 5.82 Å². The van der Waals surface area contributed by atoms with E-state index in [9.17, 15) is 9.18 Å². The van der Waals surface area contributed by atoms with Gasteiger partial charge in [0, 0.05) is 6.04 Å². The Hall–Kier alpha value is -1.89. The Kier molecular flexibility index (Phi) is 6.52. The van der Waals surface area contributed by atoms with Gasteiger partial charge in [-0.2, -0.15) is 0 Å². The van der Waals surface area contributed by atoms with E-state index in [2.05, 4.69) is 10.3 Å². The number of nitrogens with one attached hydrogen (secondary N) is 1. The highest BCUT2D eigenvalue weighted by Crippen LogP contribution is 2.29. The number of nitrogens with two attached hydrogens (primary N) is 1. The van der Waals surface area contributed by atoms with Gasteiger partial charge in [0.05, 0.1) is 25.8 Å². The molecule has 4 nitrogen and oxygen atoms in total. The lowest BCUT2D eigenvalue weighted by atomic mass is 10.2.